The number of rotatable bonds is 6. The van der Waals surface area contributed by atoms with Gasteiger partial charge in [-0.15, -0.1) is 0 Å². The molecule has 0 bridgehead atoms. The fourth-order valence-corrected chi connectivity index (χ4v) is 8.15. The quantitative estimate of drug-likeness (QED) is 0.477. The molecular formula is C26H24O2P+. The third-order valence-corrected chi connectivity index (χ3v) is 9.64. The van der Waals surface area contributed by atoms with Gasteiger partial charge in [0.25, 0.3) is 0 Å². The van der Waals surface area contributed by atoms with Gasteiger partial charge in [-0.05, 0) is 60.7 Å². The predicted octanol–water partition coefficient (Wildman–Crippen LogP) is 4.68. The number of benzene rings is 4. The number of hydrogen-bond acceptors (Lipinski definition) is 2. The van der Waals surface area contributed by atoms with Crippen LogP contribution in [0.25, 0.3) is 0 Å². The molecule has 0 radical (unpaired) electrons. The van der Waals surface area contributed by atoms with Crippen molar-refractivity contribution in [3.8, 4) is 5.75 Å². The number of methoxy groups -OCH3 is 1. The molecule has 0 saturated heterocycles. The minimum absolute atomic E-state index is 0.680. The molecule has 0 aliphatic rings. The maximum absolute atomic E-state index is 12.0. The summed E-state index contributed by atoms with van der Waals surface area (Å²) < 4.78 is 5.32. The highest BCUT2D eigenvalue weighted by Gasteiger charge is 2.52. The average molecular weight is 399 g/mol. The molecule has 0 aliphatic carbocycles. The fraction of sp³-hybridized carbons (Fsp3) is 0.0769. The lowest BCUT2D eigenvalue weighted by molar-refractivity contribution is 0.264. The summed E-state index contributed by atoms with van der Waals surface area (Å²) in [6.07, 6.45) is 0. The van der Waals surface area contributed by atoms with Crippen molar-refractivity contribution in [2.75, 3.05) is 7.11 Å². The van der Waals surface area contributed by atoms with E-state index < -0.39 is 13.1 Å². The van der Waals surface area contributed by atoms with E-state index in [1.807, 2.05) is 42.5 Å². The molecule has 0 heterocycles. The van der Waals surface area contributed by atoms with Crippen molar-refractivity contribution in [2.45, 2.75) is 5.85 Å². The first-order chi connectivity index (χ1) is 14.3. The van der Waals surface area contributed by atoms with Crippen LogP contribution in [0.15, 0.2) is 115 Å². The van der Waals surface area contributed by atoms with Crippen molar-refractivity contribution in [2.24, 2.45) is 0 Å². The molecule has 4 aromatic carbocycles. The summed E-state index contributed by atoms with van der Waals surface area (Å²) in [5.41, 5.74) is 0.885. The Bertz CT molecular complexity index is 936. The van der Waals surface area contributed by atoms with E-state index >= 15 is 0 Å². The summed E-state index contributed by atoms with van der Waals surface area (Å²) in [6, 6.07) is 39.0. The minimum atomic E-state index is -2.38. The van der Waals surface area contributed by atoms with Crippen molar-refractivity contribution >= 4 is 23.2 Å². The third-order valence-electron chi connectivity index (χ3n) is 5.27. The zero-order valence-electron chi connectivity index (χ0n) is 16.3. The van der Waals surface area contributed by atoms with Gasteiger partial charge in [-0.1, -0.05) is 54.6 Å². The molecule has 0 spiro atoms. The predicted molar refractivity (Wildman–Crippen MR) is 123 cm³/mol. The van der Waals surface area contributed by atoms with Gasteiger partial charge in [-0.2, -0.15) is 0 Å². The van der Waals surface area contributed by atoms with Crippen molar-refractivity contribution < 1.29 is 9.84 Å². The molecule has 1 unspecified atom stereocenters. The van der Waals surface area contributed by atoms with Gasteiger partial charge in [-0.3, -0.25) is 0 Å². The monoisotopic (exact) mass is 399 g/mol. The average Bonchev–Trinajstić information content (AvgIpc) is 2.82. The van der Waals surface area contributed by atoms with Crippen LogP contribution < -0.4 is 20.7 Å². The Balaban J connectivity index is 2.01. The van der Waals surface area contributed by atoms with E-state index in [1.54, 1.807) is 7.11 Å². The molecule has 4 rings (SSSR count). The first-order valence-corrected chi connectivity index (χ1v) is 11.5. The standard InChI is InChI=1S/C26H24O2P/c1-28-22-19-17-21(18-20-22)26(27)29(23-11-5-2-6-12-23,24-13-7-3-8-14-24)25-15-9-4-10-16-25/h2-20,26-27H,1H3/q+1. The number of aliphatic hydroxyl groups excluding tert-OH is 1. The minimum Gasteiger partial charge on any atom is -0.497 e. The summed E-state index contributed by atoms with van der Waals surface area (Å²) in [4.78, 5) is 0. The highest BCUT2D eigenvalue weighted by atomic mass is 31.2. The third kappa shape index (κ3) is 3.58. The Hall–Kier alpha value is -2.93. The molecule has 0 saturated carbocycles. The maximum Gasteiger partial charge on any atom is 0.204 e. The van der Waals surface area contributed by atoms with Crippen molar-refractivity contribution in [1.82, 2.24) is 0 Å². The van der Waals surface area contributed by atoms with E-state index in [0.29, 0.717) is 0 Å². The van der Waals surface area contributed by atoms with Gasteiger partial charge in [-0.25, -0.2) is 0 Å². The Labute approximate surface area is 172 Å². The molecule has 0 aromatic heterocycles. The van der Waals surface area contributed by atoms with Crippen molar-refractivity contribution in [3.05, 3.63) is 121 Å². The van der Waals surface area contributed by atoms with E-state index in [9.17, 15) is 5.11 Å². The summed E-state index contributed by atoms with van der Waals surface area (Å²) in [5.74, 6) is 0.102. The van der Waals surface area contributed by atoms with Gasteiger partial charge in [0.15, 0.2) is 0 Å². The summed E-state index contributed by atoms with van der Waals surface area (Å²) >= 11 is 0. The van der Waals surface area contributed by atoms with Crippen LogP contribution in [0.5, 0.6) is 5.75 Å². The van der Waals surface area contributed by atoms with Crippen LogP contribution in [0.3, 0.4) is 0 Å². The largest absolute Gasteiger partial charge is 0.497 e. The van der Waals surface area contributed by atoms with Crippen LogP contribution in [-0.4, -0.2) is 12.2 Å². The lowest BCUT2D eigenvalue weighted by atomic mass is 10.2. The molecule has 4 aromatic rings. The number of hydrogen-bond donors (Lipinski definition) is 1. The van der Waals surface area contributed by atoms with Crippen molar-refractivity contribution in [3.63, 3.8) is 0 Å². The van der Waals surface area contributed by atoms with E-state index in [0.717, 1.165) is 27.2 Å². The molecule has 0 amide bonds. The molecule has 2 nitrogen and oxygen atoms in total. The summed E-state index contributed by atoms with van der Waals surface area (Å²) in [7, 11) is -0.722. The van der Waals surface area contributed by atoms with E-state index in [-0.39, 0.29) is 0 Å². The van der Waals surface area contributed by atoms with Gasteiger partial charge in [0.2, 0.25) is 5.85 Å². The van der Waals surface area contributed by atoms with E-state index in [1.165, 1.54) is 0 Å². The zero-order valence-corrected chi connectivity index (χ0v) is 17.2. The first kappa shape index (κ1) is 19.4. The Morgan fingerprint density at radius 2 is 0.966 bits per heavy atom. The van der Waals surface area contributed by atoms with Crippen LogP contribution in [0.1, 0.15) is 11.4 Å². The topological polar surface area (TPSA) is 29.5 Å². The highest BCUT2D eigenvalue weighted by Crippen LogP contribution is 2.65. The second-order valence-corrected chi connectivity index (χ2v) is 10.4. The van der Waals surface area contributed by atoms with Gasteiger partial charge >= 0.3 is 0 Å². The second kappa shape index (κ2) is 8.61. The van der Waals surface area contributed by atoms with E-state index in [2.05, 4.69) is 72.8 Å². The fourth-order valence-electron chi connectivity index (χ4n) is 3.86. The lowest BCUT2D eigenvalue weighted by Gasteiger charge is -2.32. The SMILES string of the molecule is COc1ccc(C(O)[P+](c2ccccc2)(c2ccccc2)c2ccccc2)cc1. The molecule has 29 heavy (non-hydrogen) atoms. The Kier molecular flexibility index (Phi) is 5.76. The molecule has 1 atom stereocenters. The van der Waals surface area contributed by atoms with Gasteiger partial charge in [0, 0.05) is 5.56 Å². The normalized spacial score (nSPS) is 12.3. The zero-order chi connectivity index (χ0) is 20.1. The van der Waals surface area contributed by atoms with Gasteiger partial charge in [0.05, 0.1) is 7.11 Å². The molecule has 1 N–H and O–H groups in total. The van der Waals surface area contributed by atoms with Gasteiger partial charge < -0.3 is 9.84 Å². The van der Waals surface area contributed by atoms with Crippen LogP contribution in [0.2, 0.25) is 0 Å². The van der Waals surface area contributed by atoms with Crippen LogP contribution in [0, 0.1) is 0 Å². The highest BCUT2D eigenvalue weighted by molar-refractivity contribution is 7.95. The maximum atomic E-state index is 12.0. The van der Waals surface area contributed by atoms with Crippen molar-refractivity contribution in [1.29, 1.82) is 0 Å². The van der Waals surface area contributed by atoms with E-state index in [4.69, 9.17) is 4.74 Å². The summed E-state index contributed by atoms with van der Waals surface area (Å²) in [6.45, 7) is 0. The van der Waals surface area contributed by atoms with Crippen LogP contribution in [0.4, 0.5) is 0 Å². The molecular weight excluding hydrogens is 375 g/mol. The van der Waals surface area contributed by atoms with Crippen LogP contribution in [-0.2, 0) is 0 Å². The Morgan fingerprint density at radius 3 is 1.31 bits per heavy atom. The number of ether oxygens (including phenoxy) is 1. The summed E-state index contributed by atoms with van der Waals surface area (Å²) in [5, 5.41) is 15.4. The molecule has 0 aliphatic heterocycles. The second-order valence-electron chi connectivity index (χ2n) is 6.88. The Morgan fingerprint density at radius 1 is 0.586 bits per heavy atom. The molecule has 144 valence electrons. The van der Waals surface area contributed by atoms with Gasteiger partial charge in [0.1, 0.15) is 28.9 Å². The smallest absolute Gasteiger partial charge is 0.204 e. The molecule has 0 fully saturated rings. The van der Waals surface area contributed by atoms with Crippen LogP contribution >= 0.6 is 7.26 Å². The first-order valence-electron chi connectivity index (χ1n) is 9.64. The lowest BCUT2D eigenvalue weighted by Crippen LogP contribution is -2.35. The molecule has 3 heteroatoms. The number of aliphatic hydroxyl groups is 1.